The lowest BCUT2D eigenvalue weighted by molar-refractivity contribution is -0.135. The summed E-state index contributed by atoms with van der Waals surface area (Å²) in [4.78, 5) is 28.2. The van der Waals surface area contributed by atoms with Crippen LogP contribution in [0.15, 0.2) is 30.3 Å². The van der Waals surface area contributed by atoms with Crippen LogP contribution < -0.4 is 4.90 Å². The number of carbonyl (C=O) groups is 2. The molecule has 0 bridgehead atoms. The Morgan fingerprint density at radius 3 is 2.55 bits per heavy atom. The van der Waals surface area contributed by atoms with Crippen LogP contribution in [0.25, 0.3) is 0 Å². The SMILES string of the molecule is O=C(C1CC(=O)N(c2ccccc2)C1)N1CCSCC1. The summed E-state index contributed by atoms with van der Waals surface area (Å²) in [5, 5.41) is 0. The molecule has 3 rings (SSSR count). The molecule has 2 heterocycles. The van der Waals surface area contributed by atoms with Crippen molar-refractivity contribution in [3.8, 4) is 0 Å². The van der Waals surface area contributed by atoms with Crippen molar-refractivity contribution in [2.24, 2.45) is 5.92 Å². The predicted octanol–water partition coefficient (Wildman–Crippen LogP) is 1.61. The standard InChI is InChI=1S/C15H18N2O2S/c18-14-10-12(15(19)16-6-8-20-9-7-16)11-17(14)13-4-2-1-3-5-13/h1-5,12H,6-11H2. The first kappa shape index (κ1) is 13.5. The summed E-state index contributed by atoms with van der Waals surface area (Å²) in [6, 6.07) is 9.60. The van der Waals surface area contributed by atoms with E-state index in [0.717, 1.165) is 30.3 Å². The fraction of sp³-hybridized carbons (Fsp3) is 0.467. The summed E-state index contributed by atoms with van der Waals surface area (Å²) in [5.41, 5.74) is 0.891. The maximum absolute atomic E-state index is 12.5. The zero-order valence-corrected chi connectivity index (χ0v) is 12.1. The monoisotopic (exact) mass is 290 g/mol. The number of para-hydroxylation sites is 1. The average Bonchev–Trinajstić information content (AvgIpc) is 2.90. The number of nitrogens with zero attached hydrogens (tertiary/aromatic N) is 2. The quantitative estimate of drug-likeness (QED) is 0.831. The molecule has 2 saturated heterocycles. The number of thioether (sulfide) groups is 1. The van der Waals surface area contributed by atoms with Crippen molar-refractivity contribution in [1.82, 2.24) is 4.90 Å². The number of amides is 2. The Bertz CT molecular complexity index is 500. The van der Waals surface area contributed by atoms with Crippen LogP contribution >= 0.6 is 11.8 Å². The number of hydrogen-bond donors (Lipinski definition) is 0. The molecule has 0 N–H and O–H groups in total. The summed E-state index contributed by atoms with van der Waals surface area (Å²) in [6.07, 6.45) is 0.345. The van der Waals surface area contributed by atoms with Crippen molar-refractivity contribution in [3.63, 3.8) is 0 Å². The lowest BCUT2D eigenvalue weighted by Crippen LogP contribution is -2.42. The van der Waals surface area contributed by atoms with E-state index in [1.54, 1.807) is 4.90 Å². The summed E-state index contributed by atoms with van der Waals surface area (Å²) in [7, 11) is 0. The van der Waals surface area contributed by atoms with Gasteiger partial charge in [-0.15, -0.1) is 0 Å². The van der Waals surface area contributed by atoms with E-state index < -0.39 is 0 Å². The van der Waals surface area contributed by atoms with E-state index in [9.17, 15) is 9.59 Å². The highest BCUT2D eigenvalue weighted by molar-refractivity contribution is 7.99. The second-order valence-corrected chi connectivity index (χ2v) is 6.40. The van der Waals surface area contributed by atoms with E-state index in [2.05, 4.69) is 0 Å². The first-order chi connectivity index (χ1) is 9.75. The van der Waals surface area contributed by atoms with E-state index in [1.165, 1.54) is 0 Å². The van der Waals surface area contributed by atoms with E-state index in [4.69, 9.17) is 0 Å². The number of hydrogen-bond acceptors (Lipinski definition) is 3. The maximum atomic E-state index is 12.5. The van der Waals surface area contributed by atoms with Crippen molar-refractivity contribution in [3.05, 3.63) is 30.3 Å². The van der Waals surface area contributed by atoms with Gasteiger partial charge in [-0.3, -0.25) is 9.59 Å². The third kappa shape index (κ3) is 2.68. The van der Waals surface area contributed by atoms with E-state index >= 15 is 0 Å². The predicted molar refractivity (Wildman–Crippen MR) is 80.8 cm³/mol. The minimum atomic E-state index is -0.175. The van der Waals surface area contributed by atoms with Gasteiger partial charge in [0.1, 0.15) is 0 Å². The van der Waals surface area contributed by atoms with Gasteiger partial charge in [0.2, 0.25) is 11.8 Å². The number of rotatable bonds is 2. The average molecular weight is 290 g/mol. The Kier molecular flexibility index (Phi) is 3.96. The Hall–Kier alpha value is -1.49. The lowest BCUT2D eigenvalue weighted by Gasteiger charge is -2.28. The Labute approximate surface area is 123 Å². The van der Waals surface area contributed by atoms with E-state index in [0.29, 0.717) is 13.0 Å². The first-order valence-corrected chi connectivity index (χ1v) is 8.13. The molecule has 20 heavy (non-hydrogen) atoms. The number of anilines is 1. The molecule has 0 aliphatic carbocycles. The molecule has 5 heteroatoms. The van der Waals surface area contributed by atoms with Crippen LogP contribution in [0.2, 0.25) is 0 Å². The molecule has 2 amide bonds. The van der Waals surface area contributed by atoms with Crippen molar-refractivity contribution in [2.75, 3.05) is 36.0 Å². The molecule has 0 aromatic heterocycles. The fourth-order valence-electron chi connectivity index (χ4n) is 2.77. The molecule has 1 unspecified atom stereocenters. The highest BCUT2D eigenvalue weighted by Gasteiger charge is 2.37. The second kappa shape index (κ2) is 5.87. The molecule has 2 aliphatic heterocycles. The van der Waals surface area contributed by atoms with Gasteiger partial charge in [-0.1, -0.05) is 18.2 Å². The largest absolute Gasteiger partial charge is 0.341 e. The van der Waals surface area contributed by atoms with Gasteiger partial charge in [-0.2, -0.15) is 11.8 Å². The third-order valence-corrected chi connectivity index (χ3v) is 4.81. The second-order valence-electron chi connectivity index (χ2n) is 5.18. The van der Waals surface area contributed by atoms with Gasteiger partial charge in [0.15, 0.2) is 0 Å². The first-order valence-electron chi connectivity index (χ1n) is 6.97. The summed E-state index contributed by atoms with van der Waals surface area (Å²) in [6.45, 7) is 2.16. The molecule has 1 atom stereocenters. The number of benzene rings is 1. The van der Waals surface area contributed by atoms with Gasteiger partial charge >= 0.3 is 0 Å². The normalized spacial score (nSPS) is 23.2. The molecule has 1 aromatic rings. The molecule has 2 aliphatic rings. The maximum Gasteiger partial charge on any atom is 0.228 e. The molecular formula is C15H18N2O2S. The Morgan fingerprint density at radius 1 is 1.15 bits per heavy atom. The molecule has 4 nitrogen and oxygen atoms in total. The lowest BCUT2D eigenvalue weighted by atomic mass is 10.1. The van der Waals surface area contributed by atoms with Gasteiger partial charge in [0, 0.05) is 43.2 Å². The molecule has 0 radical (unpaired) electrons. The van der Waals surface area contributed by atoms with Gasteiger partial charge < -0.3 is 9.80 Å². The van der Waals surface area contributed by atoms with Gasteiger partial charge in [-0.05, 0) is 12.1 Å². The van der Waals surface area contributed by atoms with Crippen molar-refractivity contribution in [2.45, 2.75) is 6.42 Å². The Morgan fingerprint density at radius 2 is 1.85 bits per heavy atom. The summed E-state index contributed by atoms with van der Waals surface area (Å²) >= 11 is 1.89. The van der Waals surface area contributed by atoms with Crippen LogP contribution in [-0.4, -0.2) is 47.9 Å². The highest BCUT2D eigenvalue weighted by Crippen LogP contribution is 2.26. The van der Waals surface area contributed by atoms with Crippen LogP contribution in [0.4, 0.5) is 5.69 Å². The van der Waals surface area contributed by atoms with Crippen LogP contribution in [0.1, 0.15) is 6.42 Å². The van der Waals surface area contributed by atoms with Crippen LogP contribution in [0.5, 0.6) is 0 Å². The van der Waals surface area contributed by atoms with Crippen molar-refractivity contribution >= 4 is 29.3 Å². The van der Waals surface area contributed by atoms with Crippen molar-refractivity contribution < 1.29 is 9.59 Å². The molecule has 2 fully saturated rings. The van der Waals surface area contributed by atoms with Crippen molar-refractivity contribution in [1.29, 1.82) is 0 Å². The molecule has 106 valence electrons. The zero-order valence-electron chi connectivity index (χ0n) is 11.3. The van der Waals surface area contributed by atoms with Gasteiger partial charge in [0.05, 0.1) is 5.92 Å². The van der Waals surface area contributed by atoms with Crippen LogP contribution in [0.3, 0.4) is 0 Å². The topological polar surface area (TPSA) is 40.6 Å². The molecule has 0 saturated carbocycles. The minimum absolute atomic E-state index is 0.0564. The number of carbonyl (C=O) groups excluding carboxylic acids is 2. The molecular weight excluding hydrogens is 272 g/mol. The minimum Gasteiger partial charge on any atom is -0.341 e. The molecule has 0 spiro atoms. The van der Waals surface area contributed by atoms with E-state index in [1.807, 2.05) is 47.0 Å². The molecule has 1 aromatic carbocycles. The summed E-state index contributed by atoms with van der Waals surface area (Å²) in [5.74, 6) is 2.05. The van der Waals surface area contributed by atoms with Crippen LogP contribution in [-0.2, 0) is 9.59 Å². The summed E-state index contributed by atoms with van der Waals surface area (Å²) < 4.78 is 0. The van der Waals surface area contributed by atoms with Gasteiger partial charge in [0.25, 0.3) is 0 Å². The Balaban J connectivity index is 1.68. The third-order valence-electron chi connectivity index (χ3n) is 3.86. The highest BCUT2D eigenvalue weighted by atomic mass is 32.2. The van der Waals surface area contributed by atoms with Crippen LogP contribution in [0, 0.1) is 5.92 Å². The zero-order chi connectivity index (χ0) is 13.9. The van der Waals surface area contributed by atoms with E-state index in [-0.39, 0.29) is 17.7 Å². The fourth-order valence-corrected chi connectivity index (χ4v) is 3.68. The smallest absolute Gasteiger partial charge is 0.228 e. The van der Waals surface area contributed by atoms with Gasteiger partial charge in [-0.25, -0.2) is 0 Å².